The van der Waals surface area contributed by atoms with Gasteiger partial charge in [0.2, 0.25) is 0 Å². The maximum atomic E-state index is 8.79. The van der Waals surface area contributed by atoms with Crippen LogP contribution in [-0.4, -0.2) is 63.1 Å². The van der Waals surface area contributed by atoms with Crippen molar-refractivity contribution in [3.8, 4) is 0 Å². The van der Waals surface area contributed by atoms with Gasteiger partial charge >= 0.3 is 0 Å². The third-order valence-corrected chi connectivity index (χ3v) is 8.28. The third-order valence-electron chi connectivity index (χ3n) is 6.15. The molecule has 2 aliphatic rings. The molecule has 0 aliphatic carbocycles. The van der Waals surface area contributed by atoms with Crippen molar-refractivity contribution in [1.29, 1.82) is 0 Å². The summed E-state index contributed by atoms with van der Waals surface area (Å²) in [5.74, 6) is 0.894. The molecule has 0 amide bonds. The number of likely N-dealkylation sites (tertiary alicyclic amines) is 1. The number of fused-ring (bicyclic) bond motifs is 2. The molecular formula is C21H33N5O2S2. The van der Waals surface area contributed by atoms with Crippen LogP contribution in [0.4, 0.5) is 0 Å². The first-order valence-corrected chi connectivity index (χ1v) is 12.8. The first-order valence-electron chi connectivity index (χ1n) is 11.0. The molecule has 0 radical (unpaired) electrons. The predicted octanol–water partition coefficient (Wildman–Crippen LogP) is 2.58. The highest BCUT2D eigenvalue weighted by Gasteiger charge is 2.44. The number of nitrogens with one attached hydrogen (secondary N) is 1. The van der Waals surface area contributed by atoms with Crippen molar-refractivity contribution in [3.05, 3.63) is 33.3 Å². The summed E-state index contributed by atoms with van der Waals surface area (Å²) in [6.45, 7) is 8.85. The van der Waals surface area contributed by atoms with Crippen LogP contribution in [0.15, 0.2) is 12.3 Å². The number of aromatic nitrogens is 3. The molecule has 2 aromatic rings. The number of ether oxygens (including phenoxy) is 1. The van der Waals surface area contributed by atoms with E-state index >= 15 is 0 Å². The highest BCUT2D eigenvalue weighted by Crippen LogP contribution is 2.46. The topological polar surface area (TPSA) is 75.4 Å². The van der Waals surface area contributed by atoms with E-state index in [1.807, 2.05) is 16.0 Å². The molecule has 7 nitrogen and oxygen atoms in total. The Balaban J connectivity index is 1.33. The Morgan fingerprint density at radius 3 is 3.17 bits per heavy atom. The molecule has 0 bridgehead atoms. The lowest BCUT2D eigenvalue weighted by atomic mass is 9.79. The van der Waals surface area contributed by atoms with Gasteiger partial charge in [-0.3, -0.25) is 14.3 Å². The van der Waals surface area contributed by atoms with E-state index in [1.165, 1.54) is 10.4 Å². The number of hydrogen-bond donors (Lipinski definition) is 2. The molecule has 4 rings (SSSR count). The number of hydrogen-bond acceptors (Lipinski definition) is 8. The summed E-state index contributed by atoms with van der Waals surface area (Å²) in [7, 11) is 0. The average Bonchev–Trinajstić information content (AvgIpc) is 3.38. The molecule has 9 heteroatoms. The van der Waals surface area contributed by atoms with Crippen molar-refractivity contribution in [2.24, 2.45) is 0 Å². The zero-order valence-corrected chi connectivity index (χ0v) is 19.6. The zero-order valence-electron chi connectivity index (χ0n) is 18.0. The van der Waals surface area contributed by atoms with Crippen molar-refractivity contribution < 1.29 is 9.84 Å². The number of thiophene rings is 1. The van der Waals surface area contributed by atoms with Gasteiger partial charge < -0.3 is 9.84 Å². The first kappa shape index (κ1) is 22.2. The van der Waals surface area contributed by atoms with E-state index in [9.17, 15) is 0 Å². The average molecular weight is 452 g/mol. The van der Waals surface area contributed by atoms with E-state index in [0.717, 1.165) is 63.4 Å². The smallest absolute Gasteiger partial charge is 0.0969 e. The summed E-state index contributed by atoms with van der Waals surface area (Å²) < 4.78 is 11.5. The van der Waals surface area contributed by atoms with Gasteiger partial charge in [-0.05, 0) is 37.8 Å². The SMILES string of the molecule is CCc1cc2c(s1)CCOC21CCN(Cc2cn(CCSNCCO)nn2)[C@@H](C)C1. The lowest BCUT2D eigenvalue weighted by Gasteiger charge is -2.47. The molecule has 0 saturated carbocycles. The number of rotatable bonds is 9. The first-order chi connectivity index (χ1) is 14.6. The zero-order chi connectivity index (χ0) is 21.0. The second-order valence-electron chi connectivity index (χ2n) is 8.21. The van der Waals surface area contributed by atoms with Crippen molar-refractivity contribution >= 4 is 23.3 Å². The molecule has 2 aromatic heterocycles. The van der Waals surface area contributed by atoms with Crippen LogP contribution in [0.1, 0.15) is 47.7 Å². The number of aryl methyl sites for hydroxylation is 2. The van der Waals surface area contributed by atoms with E-state index in [2.05, 4.69) is 46.0 Å². The maximum Gasteiger partial charge on any atom is 0.0969 e. The van der Waals surface area contributed by atoms with E-state index in [4.69, 9.17) is 9.84 Å². The number of piperidine rings is 1. The van der Waals surface area contributed by atoms with E-state index in [1.54, 1.807) is 16.8 Å². The molecule has 2 atom stereocenters. The molecule has 2 N–H and O–H groups in total. The Labute approximate surface area is 187 Å². The quantitative estimate of drug-likeness (QED) is 0.448. The van der Waals surface area contributed by atoms with Gasteiger partial charge in [0.15, 0.2) is 0 Å². The number of aliphatic hydroxyl groups excluding tert-OH is 1. The van der Waals surface area contributed by atoms with Crippen LogP contribution >= 0.6 is 23.3 Å². The molecule has 166 valence electrons. The van der Waals surface area contributed by atoms with Gasteiger partial charge in [-0.15, -0.1) is 16.4 Å². The fraction of sp³-hybridized carbons (Fsp3) is 0.714. The Hall–Kier alpha value is -0.970. The fourth-order valence-corrected chi connectivity index (χ4v) is 6.40. The highest BCUT2D eigenvalue weighted by atomic mass is 32.2. The number of nitrogens with zero attached hydrogens (tertiary/aromatic N) is 4. The lowest BCUT2D eigenvalue weighted by Crippen LogP contribution is -2.50. The third kappa shape index (κ3) is 4.92. The largest absolute Gasteiger partial charge is 0.395 e. The standard InChI is InChI=1S/C21H33N5O2S2/c1-3-18-12-19-20(30-18)4-10-28-21(19)5-7-25(16(2)13-21)14-17-15-26(24-23-17)8-11-29-22-6-9-27/h12,15-16,22,27H,3-11,13-14H2,1-2H3/t16-,21?/m0/s1. The Kier molecular flexibility index (Phi) is 7.48. The van der Waals surface area contributed by atoms with Crippen molar-refractivity contribution in [1.82, 2.24) is 24.6 Å². The van der Waals surface area contributed by atoms with Gasteiger partial charge in [0.1, 0.15) is 0 Å². The molecule has 0 aromatic carbocycles. The van der Waals surface area contributed by atoms with Gasteiger partial charge in [0.05, 0.1) is 31.1 Å². The molecule has 1 fully saturated rings. The van der Waals surface area contributed by atoms with Crippen LogP contribution in [0.2, 0.25) is 0 Å². The van der Waals surface area contributed by atoms with Gasteiger partial charge in [-0.25, -0.2) is 0 Å². The van der Waals surface area contributed by atoms with Crippen LogP contribution in [0.5, 0.6) is 0 Å². The monoisotopic (exact) mass is 451 g/mol. The minimum Gasteiger partial charge on any atom is -0.395 e. The summed E-state index contributed by atoms with van der Waals surface area (Å²) in [6.07, 6.45) is 6.33. The highest BCUT2D eigenvalue weighted by molar-refractivity contribution is 7.97. The second kappa shape index (κ2) is 10.1. The lowest BCUT2D eigenvalue weighted by molar-refractivity contribution is -0.112. The van der Waals surface area contributed by atoms with E-state index in [-0.39, 0.29) is 12.2 Å². The molecule has 1 spiro atoms. The van der Waals surface area contributed by atoms with Crippen LogP contribution < -0.4 is 4.72 Å². The maximum absolute atomic E-state index is 8.79. The van der Waals surface area contributed by atoms with Crippen molar-refractivity contribution in [2.75, 3.05) is 32.1 Å². The second-order valence-corrected chi connectivity index (χ2v) is 10.4. The van der Waals surface area contributed by atoms with E-state index < -0.39 is 0 Å². The Morgan fingerprint density at radius 1 is 1.47 bits per heavy atom. The summed E-state index contributed by atoms with van der Waals surface area (Å²) in [5.41, 5.74) is 2.41. The van der Waals surface area contributed by atoms with Gasteiger partial charge in [-0.1, -0.05) is 24.1 Å². The Morgan fingerprint density at radius 2 is 2.37 bits per heavy atom. The van der Waals surface area contributed by atoms with Gasteiger partial charge in [0, 0.05) is 53.8 Å². The van der Waals surface area contributed by atoms with Crippen LogP contribution in [0, 0.1) is 0 Å². The van der Waals surface area contributed by atoms with Crippen LogP contribution in [0.3, 0.4) is 0 Å². The number of aliphatic hydroxyl groups is 1. The van der Waals surface area contributed by atoms with Crippen LogP contribution in [0.25, 0.3) is 0 Å². The Bertz CT molecular complexity index is 826. The summed E-state index contributed by atoms with van der Waals surface area (Å²) in [5, 5.41) is 17.5. The van der Waals surface area contributed by atoms with Crippen LogP contribution in [-0.2, 0) is 36.3 Å². The molecule has 1 unspecified atom stereocenters. The summed E-state index contributed by atoms with van der Waals surface area (Å²) in [4.78, 5) is 5.55. The molecule has 1 saturated heterocycles. The van der Waals surface area contributed by atoms with Crippen molar-refractivity contribution in [3.63, 3.8) is 0 Å². The summed E-state index contributed by atoms with van der Waals surface area (Å²) in [6, 6.07) is 2.86. The normalized spacial score (nSPS) is 24.4. The van der Waals surface area contributed by atoms with Gasteiger partial charge in [0.25, 0.3) is 0 Å². The molecule has 2 aliphatic heterocycles. The summed E-state index contributed by atoms with van der Waals surface area (Å²) >= 11 is 3.59. The van der Waals surface area contributed by atoms with Crippen molar-refractivity contribution in [2.45, 2.75) is 64.3 Å². The molecular weight excluding hydrogens is 418 g/mol. The van der Waals surface area contributed by atoms with E-state index in [0.29, 0.717) is 12.6 Å². The predicted molar refractivity (Wildman–Crippen MR) is 122 cm³/mol. The minimum absolute atomic E-state index is 0.0934. The molecule has 4 heterocycles. The minimum atomic E-state index is -0.0934. The molecule has 30 heavy (non-hydrogen) atoms. The fourth-order valence-electron chi connectivity index (χ4n) is 4.57. The van der Waals surface area contributed by atoms with Gasteiger partial charge in [-0.2, -0.15) is 0 Å².